The molecule has 2 aliphatic carbocycles. The van der Waals surface area contributed by atoms with E-state index < -0.39 is 17.4 Å². The number of thiophene rings is 2. The monoisotopic (exact) mass is 970 g/mol. The number of halogens is 4. The summed E-state index contributed by atoms with van der Waals surface area (Å²) in [6, 6.07) is 29.1. The molecule has 0 spiro atoms. The van der Waals surface area contributed by atoms with Crippen LogP contribution < -0.4 is 30.1 Å². The molecule has 11 nitrogen and oxygen atoms in total. The normalized spacial score (nSPS) is 15.4. The van der Waals surface area contributed by atoms with Crippen LogP contribution in [0.3, 0.4) is 0 Å². The molecule has 10 rings (SSSR count). The number of hydrogen-bond donors (Lipinski definition) is 1. The van der Waals surface area contributed by atoms with E-state index in [1.165, 1.54) is 51.6 Å². The average molecular weight is 972 g/mol. The van der Waals surface area contributed by atoms with Crippen LogP contribution >= 0.6 is 45.9 Å². The third-order valence-corrected chi connectivity index (χ3v) is 14.3. The number of benzene rings is 4. The molecule has 66 heavy (non-hydrogen) atoms. The molecule has 0 aliphatic heterocycles. The predicted octanol–water partition coefficient (Wildman–Crippen LogP) is 11.5. The quantitative estimate of drug-likeness (QED) is 0.120. The maximum atomic E-state index is 13.3. The van der Waals surface area contributed by atoms with Gasteiger partial charge >= 0.3 is 0 Å². The molecule has 0 bridgehead atoms. The van der Waals surface area contributed by atoms with Crippen LogP contribution in [0.2, 0.25) is 10.0 Å². The minimum absolute atomic E-state index is 0.153. The molecule has 0 amide bonds. The van der Waals surface area contributed by atoms with E-state index in [0.717, 1.165) is 33.7 Å². The summed E-state index contributed by atoms with van der Waals surface area (Å²) in [5.74, 6) is -0.420. The number of nitrogens with zero attached hydrogens (tertiary/aromatic N) is 4. The molecule has 340 valence electrons. The Bertz CT molecular complexity index is 3180. The first-order valence-corrected chi connectivity index (χ1v) is 23.3. The van der Waals surface area contributed by atoms with E-state index in [0.29, 0.717) is 70.8 Å². The lowest BCUT2D eigenvalue weighted by molar-refractivity contribution is -0.164. The average Bonchev–Trinajstić information content (AvgIpc) is 3.91. The van der Waals surface area contributed by atoms with Gasteiger partial charge in [0.1, 0.15) is 28.7 Å². The molecule has 0 saturated heterocycles. The first kappa shape index (κ1) is 45.3. The van der Waals surface area contributed by atoms with Gasteiger partial charge in [-0.3, -0.25) is 18.7 Å². The lowest BCUT2D eigenvalue weighted by Gasteiger charge is -2.44. The Balaban J connectivity index is 0.000000166. The van der Waals surface area contributed by atoms with Gasteiger partial charge in [0.15, 0.2) is 23.0 Å². The van der Waals surface area contributed by atoms with Crippen LogP contribution in [0.4, 0.5) is 8.78 Å². The predicted molar refractivity (Wildman–Crippen MR) is 256 cm³/mol. The van der Waals surface area contributed by atoms with Crippen LogP contribution in [-0.4, -0.2) is 63.7 Å². The summed E-state index contributed by atoms with van der Waals surface area (Å²) in [6.45, 7) is 2.16. The van der Waals surface area contributed by atoms with Crippen molar-refractivity contribution in [2.45, 2.75) is 44.6 Å². The number of hydrogen-bond acceptors (Lipinski definition) is 11. The van der Waals surface area contributed by atoms with Gasteiger partial charge < -0.3 is 24.1 Å². The molecule has 17 heteroatoms. The van der Waals surface area contributed by atoms with Crippen LogP contribution in [0.5, 0.6) is 23.0 Å². The molecule has 4 aromatic carbocycles. The van der Waals surface area contributed by atoms with Gasteiger partial charge in [0.25, 0.3) is 11.1 Å². The molecule has 4 heterocycles. The first-order valence-electron chi connectivity index (χ1n) is 20.9. The van der Waals surface area contributed by atoms with E-state index in [2.05, 4.69) is 9.97 Å². The molecule has 0 radical (unpaired) electrons. The zero-order valence-corrected chi connectivity index (χ0v) is 38.9. The number of rotatable bonds is 13. The first-order chi connectivity index (χ1) is 31.7. The maximum absolute atomic E-state index is 13.3. The minimum atomic E-state index is -2.62. The van der Waals surface area contributed by atoms with Gasteiger partial charge in [-0.15, -0.1) is 22.7 Å². The van der Waals surface area contributed by atoms with Crippen LogP contribution in [-0.2, 0) is 0 Å². The Hall–Kier alpha value is -5.84. The summed E-state index contributed by atoms with van der Waals surface area (Å²) >= 11 is 14.7. The molecule has 1 atom stereocenters. The van der Waals surface area contributed by atoms with Crippen LogP contribution in [0, 0.1) is 11.3 Å². The van der Waals surface area contributed by atoms with Crippen molar-refractivity contribution in [1.82, 2.24) is 19.1 Å². The van der Waals surface area contributed by atoms with Crippen molar-refractivity contribution in [2.75, 3.05) is 27.4 Å². The summed E-state index contributed by atoms with van der Waals surface area (Å²) < 4.78 is 53.1. The van der Waals surface area contributed by atoms with Crippen LogP contribution in [0.15, 0.2) is 119 Å². The smallest absolute Gasteiger partial charge is 0.275 e. The summed E-state index contributed by atoms with van der Waals surface area (Å²) in [5, 5.41) is 11.4. The van der Waals surface area contributed by atoms with Gasteiger partial charge in [-0.2, -0.15) is 0 Å². The van der Waals surface area contributed by atoms with Gasteiger partial charge in [-0.25, -0.2) is 18.7 Å². The van der Waals surface area contributed by atoms with E-state index in [1.54, 1.807) is 62.6 Å². The van der Waals surface area contributed by atoms with Gasteiger partial charge in [-0.1, -0.05) is 54.4 Å². The second kappa shape index (κ2) is 18.4. The standard InChI is InChI=1S/C25H21ClF2N2O3S.C24H21ClN2O4S/c1-24(11-25(27,28)12-24)13-33-19-8-7-17(9-20(19)32-2)30-14-29-18-10-21(34-22(18)23(30)31)15-3-5-16(26)6-4-15;1-30-21-10-17(8-9-20(21)31-12-19(28)14-2-3-14)27-13-26-18-11-22(32-23(18)24(27)29)15-4-6-16(25)7-5-15/h3-10,14H,11-13H2,1-2H3;4-11,13-14,19,28H,2-3,12H2,1H3/t;19-/m.0/s1. The molecule has 4 aromatic heterocycles. The van der Waals surface area contributed by atoms with Crippen molar-refractivity contribution < 1.29 is 32.8 Å². The Kier molecular flexibility index (Phi) is 12.7. The summed E-state index contributed by atoms with van der Waals surface area (Å²) in [4.78, 5) is 37.3. The topological polar surface area (TPSA) is 127 Å². The number of fused-ring (bicyclic) bond motifs is 2. The Morgan fingerprint density at radius 2 is 1.15 bits per heavy atom. The van der Waals surface area contributed by atoms with Crippen molar-refractivity contribution in [2.24, 2.45) is 11.3 Å². The second-order valence-corrected chi connectivity index (χ2v) is 19.7. The Morgan fingerprint density at radius 1 is 0.697 bits per heavy atom. The fraction of sp³-hybridized carbons (Fsp3) is 0.265. The number of ether oxygens (including phenoxy) is 4. The molecule has 2 aliphatic rings. The summed E-state index contributed by atoms with van der Waals surface area (Å²) in [6.07, 6.45) is 4.23. The fourth-order valence-corrected chi connectivity index (χ4v) is 10.2. The molecule has 0 unspecified atom stereocenters. The SMILES string of the molecule is COc1cc(-n2cnc3cc(-c4ccc(Cl)cc4)sc3c2=O)ccc1OCC1(C)CC(F)(F)C1.COc1cc(-n2cnc3cc(-c4ccc(Cl)cc4)sc3c2=O)ccc1OC[C@H](O)C1CC1. The minimum Gasteiger partial charge on any atom is -0.493 e. The lowest BCUT2D eigenvalue weighted by Crippen LogP contribution is -2.47. The van der Waals surface area contributed by atoms with E-state index in [4.69, 9.17) is 42.1 Å². The zero-order chi connectivity index (χ0) is 46.3. The Labute approximate surface area is 395 Å². The zero-order valence-electron chi connectivity index (χ0n) is 35.8. The largest absolute Gasteiger partial charge is 0.493 e. The molecular weight excluding hydrogens is 930 g/mol. The van der Waals surface area contributed by atoms with E-state index in [1.807, 2.05) is 48.5 Å². The Morgan fingerprint density at radius 3 is 1.58 bits per heavy atom. The third-order valence-electron chi connectivity index (χ3n) is 11.5. The third kappa shape index (κ3) is 9.67. The highest BCUT2D eigenvalue weighted by atomic mass is 35.5. The highest BCUT2D eigenvalue weighted by Crippen LogP contribution is 2.52. The van der Waals surface area contributed by atoms with E-state index in [-0.39, 0.29) is 37.2 Å². The van der Waals surface area contributed by atoms with Gasteiger partial charge in [0.05, 0.1) is 49.3 Å². The number of aliphatic hydroxyl groups is 1. The van der Waals surface area contributed by atoms with Crippen molar-refractivity contribution in [3.05, 3.63) is 140 Å². The summed E-state index contributed by atoms with van der Waals surface area (Å²) in [5.41, 5.74) is 3.48. The molecule has 2 saturated carbocycles. The van der Waals surface area contributed by atoms with Crippen LogP contribution in [0.25, 0.3) is 52.7 Å². The van der Waals surface area contributed by atoms with Gasteiger partial charge in [0.2, 0.25) is 5.92 Å². The molecule has 8 aromatic rings. The number of aromatic nitrogens is 4. The maximum Gasteiger partial charge on any atom is 0.275 e. The highest BCUT2D eigenvalue weighted by molar-refractivity contribution is 7.22. The van der Waals surface area contributed by atoms with Crippen molar-refractivity contribution in [1.29, 1.82) is 0 Å². The number of methoxy groups -OCH3 is 2. The molecular formula is C49H42Cl2F2N4O7S2. The molecule has 1 N–H and O–H groups in total. The lowest BCUT2D eigenvalue weighted by atomic mass is 9.68. The van der Waals surface area contributed by atoms with Crippen LogP contribution in [0.1, 0.15) is 32.6 Å². The highest BCUT2D eigenvalue weighted by Gasteiger charge is 2.54. The molecule has 2 fully saturated rings. The van der Waals surface area contributed by atoms with Crippen molar-refractivity contribution in [3.63, 3.8) is 0 Å². The van der Waals surface area contributed by atoms with Crippen molar-refractivity contribution in [3.8, 4) is 55.3 Å². The number of aliphatic hydroxyl groups excluding tert-OH is 1. The van der Waals surface area contributed by atoms with Gasteiger partial charge in [0, 0.05) is 50.2 Å². The summed E-state index contributed by atoms with van der Waals surface area (Å²) in [7, 11) is 3.04. The van der Waals surface area contributed by atoms with E-state index >= 15 is 0 Å². The number of alkyl halides is 2. The van der Waals surface area contributed by atoms with Gasteiger partial charge in [-0.05, 0) is 90.6 Å². The fourth-order valence-electron chi connectivity index (χ4n) is 7.90. The van der Waals surface area contributed by atoms with E-state index in [9.17, 15) is 23.5 Å². The second-order valence-electron chi connectivity index (χ2n) is 16.7. The van der Waals surface area contributed by atoms with Crippen molar-refractivity contribution >= 4 is 66.3 Å².